The number of ether oxygens (including phenoxy) is 2. The molecule has 0 spiro atoms. The van der Waals surface area contributed by atoms with Gasteiger partial charge in [-0.1, -0.05) is 0 Å². The molecule has 5 rings (SSSR count). The van der Waals surface area contributed by atoms with Crippen molar-refractivity contribution in [3.63, 3.8) is 0 Å². The van der Waals surface area contributed by atoms with E-state index in [-0.39, 0.29) is 12.0 Å². The van der Waals surface area contributed by atoms with Crippen LogP contribution in [0.4, 0.5) is 4.79 Å². The minimum atomic E-state index is -0.456. The molecule has 3 aliphatic rings. The van der Waals surface area contributed by atoms with Gasteiger partial charge in [0.05, 0.1) is 18.8 Å². The number of carbonyl (C=O) groups excluding carboxylic acids is 2. The topological polar surface area (TPSA) is 98.1 Å². The smallest absolute Gasteiger partial charge is 0.410 e. The van der Waals surface area contributed by atoms with Crippen LogP contribution in [0.25, 0.3) is 5.78 Å². The fourth-order valence-corrected chi connectivity index (χ4v) is 4.34. The van der Waals surface area contributed by atoms with Gasteiger partial charge in [0.15, 0.2) is 5.60 Å². The maximum absolute atomic E-state index is 12.3. The Kier molecular flexibility index (Phi) is 4.01. The Morgan fingerprint density at radius 2 is 2.11 bits per heavy atom. The fourth-order valence-electron chi connectivity index (χ4n) is 4.34. The van der Waals surface area contributed by atoms with Crippen molar-refractivity contribution < 1.29 is 19.1 Å². The lowest BCUT2D eigenvalue weighted by molar-refractivity contribution is -0.171. The fraction of sp³-hybridized carbons (Fsp3) is 0.579. The number of carbonyl (C=O) groups is 2. The van der Waals surface area contributed by atoms with Crippen LogP contribution in [0, 0.1) is 17.8 Å². The molecule has 1 unspecified atom stereocenters. The van der Waals surface area contributed by atoms with Crippen LogP contribution in [0.5, 0.6) is 0 Å². The van der Waals surface area contributed by atoms with Gasteiger partial charge in [0, 0.05) is 44.4 Å². The second kappa shape index (κ2) is 6.44. The molecule has 2 amide bonds. The Morgan fingerprint density at radius 3 is 2.82 bits per heavy atom. The molecule has 1 N–H and O–H groups in total. The van der Waals surface area contributed by atoms with Crippen LogP contribution < -0.4 is 5.32 Å². The molecular formula is C19H23N5O4. The molecule has 0 radical (unpaired) electrons. The molecule has 3 atom stereocenters. The van der Waals surface area contributed by atoms with Gasteiger partial charge in [-0.25, -0.2) is 14.8 Å². The van der Waals surface area contributed by atoms with Gasteiger partial charge in [-0.15, -0.1) is 0 Å². The van der Waals surface area contributed by atoms with Gasteiger partial charge in [0.25, 0.3) is 5.91 Å². The molecule has 2 aromatic heterocycles. The van der Waals surface area contributed by atoms with Crippen LogP contribution in [0.15, 0.2) is 24.8 Å². The maximum Gasteiger partial charge on any atom is 0.410 e. The van der Waals surface area contributed by atoms with E-state index in [1.807, 2.05) is 6.92 Å². The SMILES string of the molecule is CC1(OC(=O)N2C[C@@H]3C(CCNC(=O)c4cnc5nccn5c4)[C@@H]3C2)COC1. The molecule has 28 heavy (non-hydrogen) atoms. The first-order valence-corrected chi connectivity index (χ1v) is 9.65. The van der Waals surface area contributed by atoms with Crippen molar-refractivity contribution in [2.75, 3.05) is 32.8 Å². The molecule has 2 aliphatic heterocycles. The third kappa shape index (κ3) is 3.09. The molecule has 9 heteroatoms. The highest BCUT2D eigenvalue weighted by Crippen LogP contribution is 2.53. The summed E-state index contributed by atoms with van der Waals surface area (Å²) in [5, 5.41) is 2.96. The summed E-state index contributed by atoms with van der Waals surface area (Å²) in [5.41, 5.74) is 0.0613. The number of likely N-dealkylation sites (tertiary alicyclic amines) is 1. The summed E-state index contributed by atoms with van der Waals surface area (Å²) in [4.78, 5) is 34.6. The van der Waals surface area contributed by atoms with Gasteiger partial charge in [-0.3, -0.25) is 9.20 Å². The van der Waals surface area contributed by atoms with E-state index in [1.54, 1.807) is 34.1 Å². The normalized spacial score (nSPS) is 27.2. The van der Waals surface area contributed by atoms with Gasteiger partial charge in [0.2, 0.25) is 5.78 Å². The average Bonchev–Trinajstić information content (AvgIpc) is 3.06. The van der Waals surface area contributed by atoms with Crippen molar-refractivity contribution in [1.29, 1.82) is 0 Å². The third-order valence-corrected chi connectivity index (χ3v) is 6.05. The zero-order valence-electron chi connectivity index (χ0n) is 15.7. The van der Waals surface area contributed by atoms with E-state index in [0.717, 1.165) is 19.5 Å². The lowest BCUT2D eigenvalue weighted by atomic mass is 10.1. The van der Waals surface area contributed by atoms with Crippen molar-refractivity contribution in [2.24, 2.45) is 17.8 Å². The van der Waals surface area contributed by atoms with Crippen LogP contribution in [0.3, 0.4) is 0 Å². The number of piperidine rings is 1. The van der Waals surface area contributed by atoms with E-state index < -0.39 is 5.60 Å². The Bertz CT molecular complexity index is 912. The number of amides is 2. The van der Waals surface area contributed by atoms with Gasteiger partial charge in [-0.05, 0) is 31.1 Å². The van der Waals surface area contributed by atoms with E-state index >= 15 is 0 Å². The van der Waals surface area contributed by atoms with Crippen LogP contribution in [-0.4, -0.2) is 69.7 Å². The molecule has 9 nitrogen and oxygen atoms in total. The first-order chi connectivity index (χ1) is 13.5. The molecule has 0 aromatic carbocycles. The number of nitrogens with one attached hydrogen (secondary N) is 1. The summed E-state index contributed by atoms with van der Waals surface area (Å²) in [6.45, 7) is 4.98. The van der Waals surface area contributed by atoms with Gasteiger partial charge in [-0.2, -0.15) is 0 Å². The molecule has 1 saturated carbocycles. The number of nitrogens with zero attached hydrogens (tertiary/aromatic N) is 4. The van der Waals surface area contributed by atoms with Gasteiger partial charge in [0.1, 0.15) is 0 Å². The number of imidazole rings is 1. The zero-order valence-corrected chi connectivity index (χ0v) is 15.7. The van der Waals surface area contributed by atoms with Crippen LogP contribution in [-0.2, 0) is 9.47 Å². The summed E-state index contributed by atoms with van der Waals surface area (Å²) in [6.07, 6.45) is 7.38. The minimum absolute atomic E-state index is 0.130. The molecule has 148 valence electrons. The van der Waals surface area contributed by atoms with Crippen molar-refractivity contribution in [1.82, 2.24) is 24.6 Å². The van der Waals surface area contributed by atoms with Gasteiger partial charge >= 0.3 is 6.09 Å². The monoisotopic (exact) mass is 385 g/mol. The maximum atomic E-state index is 12.3. The second-order valence-electron chi connectivity index (χ2n) is 8.23. The van der Waals surface area contributed by atoms with Crippen molar-refractivity contribution in [3.8, 4) is 0 Å². The molecule has 2 aromatic rings. The Hall–Kier alpha value is -2.68. The number of hydrogen-bond acceptors (Lipinski definition) is 6. The molecule has 1 aliphatic carbocycles. The molecular weight excluding hydrogens is 362 g/mol. The highest BCUT2D eigenvalue weighted by molar-refractivity contribution is 5.93. The van der Waals surface area contributed by atoms with Crippen molar-refractivity contribution in [2.45, 2.75) is 18.9 Å². The predicted octanol–water partition coefficient (Wildman–Crippen LogP) is 0.952. The lowest BCUT2D eigenvalue weighted by Crippen LogP contribution is -2.52. The van der Waals surface area contributed by atoms with E-state index in [4.69, 9.17) is 9.47 Å². The predicted molar refractivity (Wildman–Crippen MR) is 97.7 cm³/mol. The lowest BCUT2D eigenvalue weighted by Gasteiger charge is -2.38. The minimum Gasteiger partial charge on any atom is -0.438 e. The van der Waals surface area contributed by atoms with E-state index in [1.165, 1.54) is 0 Å². The van der Waals surface area contributed by atoms with Crippen LogP contribution in [0.1, 0.15) is 23.7 Å². The highest BCUT2D eigenvalue weighted by atomic mass is 16.6. The average molecular weight is 385 g/mol. The van der Waals surface area contributed by atoms with Crippen molar-refractivity contribution in [3.05, 3.63) is 30.4 Å². The van der Waals surface area contributed by atoms with Crippen LogP contribution >= 0.6 is 0 Å². The standard InChI is InChI=1S/C19H23N5O4/c1-19(10-27-11-19)28-18(26)24-8-14-13(15(14)9-24)2-3-20-16(25)12-6-22-17-21-4-5-23(17)7-12/h4-7,13-15H,2-3,8-11H2,1H3,(H,20,25)/t13?,14-,15+. The van der Waals surface area contributed by atoms with Crippen molar-refractivity contribution >= 4 is 17.8 Å². The summed E-state index contributed by atoms with van der Waals surface area (Å²) in [7, 11) is 0. The molecule has 0 bridgehead atoms. The van der Waals surface area contributed by atoms with Gasteiger partial charge < -0.3 is 19.7 Å². The molecule has 3 fully saturated rings. The Morgan fingerprint density at radius 1 is 1.32 bits per heavy atom. The summed E-state index contributed by atoms with van der Waals surface area (Å²) >= 11 is 0. The number of aromatic nitrogens is 3. The quantitative estimate of drug-likeness (QED) is 0.823. The highest BCUT2D eigenvalue weighted by Gasteiger charge is 2.56. The number of fused-ring (bicyclic) bond motifs is 2. The second-order valence-corrected chi connectivity index (χ2v) is 8.23. The largest absolute Gasteiger partial charge is 0.438 e. The molecule has 4 heterocycles. The first-order valence-electron chi connectivity index (χ1n) is 9.65. The summed E-state index contributed by atoms with van der Waals surface area (Å²) in [6, 6.07) is 0. The first kappa shape index (κ1) is 17.4. The van der Waals surface area contributed by atoms with E-state index in [0.29, 0.717) is 48.9 Å². The van der Waals surface area contributed by atoms with E-state index in [2.05, 4.69) is 15.3 Å². The molecule has 2 saturated heterocycles. The summed E-state index contributed by atoms with van der Waals surface area (Å²) < 4.78 is 12.4. The van der Waals surface area contributed by atoms with E-state index in [9.17, 15) is 9.59 Å². The number of hydrogen-bond donors (Lipinski definition) is 1. The van der Waals surface area contributed by atoms with Crippen LogP contribution in [0.2, 0.25) is 0 Å². The summed E-state index contributed by atoms with van der Waals surface area (Å²) in [5.74, 6) is 2.07. The number of rotatable bonds is 5. The zero-order chi connectivity index (χ0) is 19.3. The Balaban J connectivity index is 1.05. The Labute approximate surface area is 162 Å². The third-order valence-electron chi connectivity index (χ3n) is 6.05.